The van der Waals surface area contributed by atoms with Gasteiger partial charge in [0.2, 0.25) is 11.0 Å². The molecule has 136 valence electrons. The summed E-state index contributed by atoms with van der Waals surface area (Å²) in [4.78, 5) is 19.5. The molecule has 1 aliphatic heterocycles. The third-order valence-electron chi connectivity index (χ3n) is 4.36. The lowest BCUT2D eigenvalue weighted by Gasteiger charge is -2.29. The Kier molecular flexibility index (Phi) is 4.77. The summed E-state index contributed by atoms with van der Waals surface area (Å²) in [6, 6.07) is 16.8. The molecule has 6 nitrogen and oxygen atoms in total. The molecule has 1 atom stereocenters. The fourth-order valence-electron chi connectivity index (χ4n) is 3.08. The number of amides is 1. The average molecular weight is 378 g/mol. The highest BCUT2D eigenvalue weighted by Crippen LogP contribution is 2.40. The topological polar surface area (TPSA) is 68.2 Å². The number of carbonyl (C=O) groups is 1. The van der Waals surface area contributed by atoms with E-state index in [0.717, 1.165) is 11.3 Å². The van der Waals surface area contributed by atoms with E-state index in [1.165, 1.54) is 11.8 Å². The summed E-state index contributed by atoms with van der Waals surface area (Å²) in [5, 5.41) is 9.01. The van der Waals surface area contributed by atoms with E-state index in [4.69, 9.17) is 4.74 Å². The molecule has 0 aliphatic carbocycles. The number of para-hydroxylation sites is 1. The third kappa shape index (κ3) is 3.14. The lowest BCUT2D eigenvalue weighted by molar-refractivity contribution is 0.0906. The Bertz CT molecular complexity index is 981. The number of hydrogen-bond donors (Lipinski definition) is 0. The van der Waals surface area contributed by atoms with E-state index in [-0.39, 0.29) is 5.91 Å². The van der Waals surface area contributed by atoms with E-state index in [1.807, 2.05) is 55.6 Å². The Morgan fingerprint density at radius 2 is 1.85 bits per heavy atom. The average Bonchev–Trinajstić information content (AvgIpc) is 2.87. The number of nitrogens with zero attached hydrogens (tertiary/aromatic N) is 4. The SMILES string of the molecule is CC[C@H]1Oc2nc(SC)nnc2-c2ccccc2N1C(=O)c1ccccc1. The molecule has 0 fully saturated rings. The number of anilines is 1. The maximum atomic E-state index is 13.3. The Balaban J connectivity index is 1.90. The van der Waals surface area contributed by atoms with Crippen molar-refractivity contribution in [1.82, 2.24) is 15.2 Å². The Morgan fingerprint density at radius 1 is 1.11 bits per heavy atom. The molecule has 4 rings (SSSR count). The molecular weight excluding hydrogens is 360 g/mol. The van der Waals surface area contributed by atoms with Crippen molar-refractivity contribution >= 4 is 23.4 Å². The summed E-state index contributed by atoms with van der Waals surface area (Å²) in [5.41, 5.74) is 2.67. The zero-order valence-corrected chi connectivity index (χ0v) is 15.8. The van der Waals surface area contributed by atoms with E-state index in [1.54, 1.807) is 17.0 Å². The van der Waals surface area contributed by atoms with Gasteiger partial charge in [-0.3, -0.25) is 9.69 Å². The van der Waals surface area contributed by atoms with Gasteiger partial charge in [-0.2, -0.15) is 4.98 Å². The molecule has 0 radical (unpaired) electrons. The van der Waals surface area contributed by atoms with Crippen LogP contribution in [0.2, 0.25) is 0 Å². The molecule has 0 bridgehead atoms. The van der Waals surface area contributed by atoms with Crippen molar-refractivity contribution in [1.29, 1.82) is 0 Å². The second kappa shape index (κ2) is 7.36. The van der Waals surface area contributed by atoms with Crippen molar-refractivity contribution in [3.8, 4) is 17.1 Å². The van der Waals surface area contributed by atoms with E-state index in [9.17, 15) is 4.79 Å². The number of ether oxygens (including phenoxy) is 1. The molecule has 7 heteroatoms. The number of thioether (sulfide) groups is 1. The van der Waals surface area contributed by atoms with Gasteiger partial charge >= 0.3 is 0 Å². The Morgan fingerprint density at radius 3 is 2.59 bits per heavy atom. The lowest BCUT2D eigenvalue weighted by atomic mass is 10.1. The zero-order valence-electron chi connectivity index (χ0n) is 15.0. The minimum absolute atomic E-state index is 0.124. The number of carbonyl (C=O) groups excluding carboxylic acids is 1. The van der Waals surface area contributed by atoms with Gasteiger partial charge in [0.05, 0.1) is 5.69 Å². The van der Waals surface area contributed by atoms with E-state index < -0.39 is 6.23 Å². The van der Waals surface area contributed by atoms with Gasteiger partial charge in [-0.25, -0.2) is 0 Å². The van der Waals surface area contributed by atoms with Gasteiger partial charge in [-0.15, -0.1) is 10.2 Å². The molecule has 2 aromatic carbocycles. The summed E-state index contributed by atoms with van der Waals surface area (Å²) >= 11 is 1.40. The lowest BCUT2D eigenvalue weighted by Crippen LogP contribution is -2.43. The minimum Gasteiger partial charge on any atom is -0.451 e. The molecule has 0 saturated carbocycles. The predicted octanol–water partition coefficient (Wildman–Crippen LogP) is 4.04. The van der Waals surface area contributed by atoms with Crippen molar-refractivity contribution in [2.45, 2.75) is 24.7 Å². The van der Waals surface area contributed by atoms with Crippen molar-refractivity contribution in [2.75, 3.05) is 11.2 Å². The van der Waals surface area contributed by atoms with Gasteiger partial charge < -0.3 is 4.74 Å². The van der Waals surface area contributed by atoms with Crippen LogP contribution in [0.4, 0.5) is 5.69 Å². The van der Waals surface area contributed by atoms with Crippen LogP contribution in [0.15, 0.2) is 59.8 Å². The minimum atomic E-state index is -0.494. The Hall–Kier alpha value is -2.93. The summed E-state index contributed by atoms with van der Waals surface area (Å²) in [6.07, 6.45) is 1.99. The molecular formula is C20H18N4O2S. The van der Waals surface area contributed by atoms with Crippen LogP contribution in [0, 0.1) is 0 Å². The Labute approximate surface area is 161 Å². The van der Waals surface area contributed by atoms with Crippen LogP contribution in [0.3, 0.4) is 0 Å². The fourth-order valence-corrected chi connectivity index (χ4v) is 3.38. The first-order valence-electron chi connectivity index (χ1n) is 8.66. The van der Waals surface area contributed by atoms with Crippen LogP contribution < -0.4 is 9.64 Å². The van der Waals surface area contributed by atoms with Crippen LogP contribution in [-0.2, 0) is 0 Å². The molecule has 1 aliphatic rings. The van der Waals surface area contributed by atoms with Crippen molar-refractivity contribution < 1.29 is 9.53 Å². The van der Waals surface area contributed by atoms with Crippen LogP contribution in [0.5, 0.6) is 5.88 Å². The van der Waals surface area contributed by atoms with Crippen molar-refractivity contribution in [3.63, 3.8) is 0 Å². The molecule has 0 spiro atoms. The van der Waals surface area contributed by atoms with Crippen molar-refractivity contribution in [3.05, 3.63) is 60.2 Å². The van der Waals surface area contributed by atoms with E-state index in [0.29, 0.717) is 28.7 Å². The molecule has 1 amide bonds. The first-order valence-corrected chi connectivity index (χ1v) is 9.88. The van der Waals surface area contributed by atoms with Crippen LogP contribution in [-0.4, -0.2) is 33.6 Å². The molecule has 0 unspecified atom stereocenters. The van der Waals surface area contributed by atoms with Gasteiger partial charge in [0.1, 0.15) is 0 Å². The largest absolute Gasteiger partial charge is 0.451 e. The summed E-state index contributed by atoms with van der Waals surface area (Å²) < 4.78 is 6.16. The molecule has 0 N–H and O–H groups in total. The van der Waals surface area contributed by atoms with Crippen LogP contribution in [0.1, 0.15) is 23.7 Å². The monoisotopic (exact) mass is 378 g/mol. The third-order valence-corrected chi connectivity index (χ3v) is 4.90. The molecule has 27 heavy (non-hydrogen) atoms. The molecule has 2 heterocycles. The van der Waals surface area contributed by atoms with Gasteiger partial charge in [-0.1, -0.05) is 55.1 Å². The van der Waals surface area contributed by atoms with Gasteiger partial charge in [-0.05, 0) is 24.5 Å². The number of benzene rings is 2. The van der Waals surface area contributed by atoms with E-state index in [2.05, 4.69) is 15.2 Å². The number of aromatic nitrogens is 3. The van der Waals surface area contributed by atoms with Crippen molar-refractivity contribution in [2.24, 2.45) is 0 Å². The summed E-state index contributed by atoms with van der Waals surface area (Å²) in [5.74, 6) is 0.276. The normalized spacial score (nSPS) is 15.3. The summed E-state index contributed by atoms with van der Waals surface area (Å²) in [6.45, 7) is 1.98. The number of fused-ring (bicyclic) bond motifs is 3. The second-order valence-corrected chi connectivity index (χ2v) is 6.76. The van der Waals surface area contributed by atoms with Crippen LogP contribution in [0.25, 0.3) is 11.3 Å². The molecule has 1 aromatic heterocycles. The quantitative estimate of drug-likeness (QED) is 0.641. The standard InChI is InChI=1S/C20H18N4O2S/c1-3-16-24(19(25)13-9-5-4-6-10-13)15-12-8-7-11-14(15)17-18(26-16)21-20(27-2)23-22-17/h4-12,16H,3H2,1-2H3/t16-/m1/s1. The zero-order chi connectivity index (χ0) is 18.8. The summed E-state index contributed by atoms with van der Waals surface area (Å²) in [7, 11) is 0. The number of hydrogen-bond acceptors (Lipinski definition) is 6. The smallest absolute Gasteiger partial charge is 0.261 e. The number of rotatable bonds is 3. The highest BCUT2D eigenvalue weighted by atomic mass is 32.2. The first kappa shape index (κ1) is 17.5. The maximum Gasteiger partial charge on any atom is 0.261 e. The van der Waals surface area contributed by atoms with Gasteiger partial charge in [0.15, 0.2) is 11.9 Å². The molecule has 3 aromatic rings. The van der Waals surface area contributed by atoms with Gasteiger partial charge in [0, 0.05) is 17.5 Å². The highest BCUT2D eigenvalue weighted by molar-refractivity contribution is 7.98. The van der Waals surface area contributed by atoms with Crippen LogP contribution >= 0.6 is 11.8 Å². The van der Waals surface area contributed by atoms with Gasteiger partial charge in [0.25, 0.3) is 5.91 Å². The van der Waals surface area contributed by atoms with E-state index >= 15 is 0 Å². The fraction of sp³-hybridized carbons (Fsp3) is 0.200. The predicted molar refractivity (Wildman–Crippen MR) is 105 cm³/mol. The first-order chi connectivity index (χ1) is 13.2. The maximum absolute atomic E-state index is 13.3. The molecule has 0 saturated heterocycles. The highest BCUT2D eigenvalue weighted by Gasteiger charge is 2.34. The second-order valence-electron chi connectivity index (χ2n) is 5.99.